The molecule has 0 aliphatic carbocycles. The number of hydrogen-bond acceptors (Lipinski definition) is 7. The zero-order chi connectivity index (χ0) is 19.9. The fourth-order valence-corrected chi connectivity index (χ4v) is 3.23. The van der Waals surface area contributed by atoms with Crippen LogP contribution in [0.25, 0.3) is 0 Å². The van der Waals surface area contributed by atoms with E-state index in [1.54, 1.807) is 19.2 Å². The lowest BCUT2D eigenvalue weighted by Crippen LogP contribution is -2.16. The number of nitrogens with two attached hydrogens (primary N) is 1. The van der Waals surface area contributed by atoms with Gasteiger partial charge in [-0.1, -0.05) is 43.0 Å². The summed E-state index contributed by atoms with van der Waals surface area (Å²) in [6.45, 7) is 2.25. The van der Waals surface area contributed by atoms with Crippen LogP contribution in [0, 0.1) is 0 Å². The average molecular weight is 398 g/mol. The second-order valence-electron chi connectivity index (χ2n) is 6.00. The number of benzene rings is 2. The van der Waals surface area contributed by atoms with Crippen LogP contribution in [-0.2, 0) is 13.0 Å². The molecule has 0 spiro atoms. The van der Waals surface area contributed by atoms with E-state index in [4.69, 9.17) is 15.3 Å². The Labute approximate surface area is 167 Å². The quantitative estimate of drug-likeness (QED) is 0.336. The molecule has 8 heteroatoms. The van der Waals surface area contributed by atoms with Crippen LogP contribution < -0.4 is 15.3 Å². The van der Waals surface area contributed by atoms with Crippen LogP contribution in [0.4, 0.5) is 0 Å². The molecule has 0 unspecified atom stereocenters. The standard InChI is InChI=1S/C20H22N4O3S/c1-3-14-4-6-15(7-5-14)18(25)13-28-20-23-22-19(24(20)21)12-27-17-10-8-16(26-2)9-11-17/h4-11H,3,12-13,21H2,1-2H3. The van der Waals surface area contributed by atoms with Gasteiger partial charge in [0.1, 0.15) is 18.1 Å². The number of aryl methyl sites for hydroxylation is 1. The van der Waals surface area contributed by atoms with Crippen molar-refractivity contribution in [1.29, 1.82) is 0 Å². The molecule has 0 bridgehead atoms. The minimum Gasteiger partial charge on any atom is -0.497 e. The molecule has 0 atom stereocenters. The van der Waals surface area contributed by atoms with Crippen LogP contribution in [0.2, 0.25) is 0 Å². The van der Waals surface area contributed by atoms with Crippen LogP contribution in [0.3, 0.4) is 0 Å². The number of nitrogen functional groups attached to an aromatic ring is 1. The largest absolute Gasteiger partial charge is 0.497 e. The third-order valence-electron chi connectivity index (χ3n) is 4.18. The molecule has 0 amide bonds. The average Bonchev–Trinajstić information content (AvgIpc) is 3.10. The van der Waals surface area contributed by atoms with Crippen LogP contribution >= 0.6 is 11.8 Å². The molecule has 0 radical (unpaired) electrons. The predicted octanol–water partition coefficient (Wildman–Crippen LogP) is 3.12. The van der Waals surface area contributed by atoms with Gasteiger partial charge in [-0.15, -0.1) is 10.2 Å². The van der Waals surface area contributed by atoms with Gasteiger partial charge in [-0.2, -0.15) is 0 Å². The first-order chi connectivity index (χ1) is 13.6. The number of carbonyl (C=O) groups excluding carboxylic acids is 1. The Morgan fingerprint density at radius 2 is 1.75 bits per heavy atom. The first-order valence-corrected chi connectivity index (χ1v) is 9.80. The van der Waals surface area contributed by atoms with Crippen molar-refractivity contribution in [2.45, 2.75) is 25.1 Å². The SMILES string of the molecule is CCc1ccc(C(=O)CSc2nnc(COc3ccc(OC)cc3)n2N)cc1. The van der Waals surface area contributed by atoms with Crippen LogP contribution in [0.15, 0.2) is 53.7 Å². The van der Waals surface area contributed by atoms with Crippen molar-refractivity contribution >= 4 is 17.5 Å². The van der Waals surface area contributed by atoms with E-state index in [2.05, 4.69) is 17.1 Å². The number of hydrogen-bond donors (Lipinski definition) is 1. The van der Waals surface area contributed by atoms with E-state index < -0.39 is 0 Å². The Balaban J connectivity index is 1.55. The maximum absolute atomic E-state index is 12.3. The van der Waals surface area contributed by atoms with Gasteiger partial charge in [-0.25, -0.2) is 4.68 Å². The number of carbonyl (C=O) groups is 1. The summed E-state index contributed by atoms with van der Waals surface area (Å²) in [5.74, 6) is 8.18. The Bertz CT molecular complexity index is 924. The number of ether oxygens (including phenoxy) is 2. The van der Waals surface area contributed by atoms with Gasteiger partial charge in [-0.05, 0) is 36.2 Å². The fourth-order valence-electron chi connectivity index (χ4n) is 2.46. The summed E-state index contributed by atoms with van der Waals surface area (Å²) in [4.78, 5) is 12.3. The highest BCUT2D eigenvalue weighted by molar-refractivity contribution is 7.99. The Hall–Kier alpha value is -3.00. The van der Waals surface area contributed by atoms with Gasteiger partial charge in [0.15, 0.2) is 11.6 Å². The molecule has 0 saturated carbocycles. The highest BCUT2D eigenvalue weighted by atomic mass is 32.2. The number of aromatic nitrogens is 3. The Kier molecular flexibility index (Phi) is 6.54. The molecule has 7 nitrogen and oxygen atoms in total. The van der Waals surface area contributed by atoms with E-state index in [1.165, 1.54) is 22.0 Å². The molecule has 0 fully saturated rings. The molecule has 28 heavy (non-hydrogen) atoms. The lowest BCUT2D eigenvalue weighted by Gasteiger charge is -2.07. The highest BCUT2D eigenvalue weighted by Crippen LogP contribution is 2.20. The summed E-state index contributed by atoms with van der Waals surface area (Å²) in [5, 5.41) is 8.56. The van der Waals surface area contributed by atoms with Gasteiger partial charge in [0.25, 0.3) is 0 Å². The Morgan fingerprint density at radius 3 is 2.39 bits per heavy atom. The van der Waals surface area contributed by atoms with Crippen molar-refractivity contribution in [3.8, 4) is 11.5 Å². The molecular weight excluding hydrogens is 376 g/mol. The van der Waals surface area contributed by atoms with Crippen molar-refractivity contribution in [1.82, 2.24) is 14.9 Å². The molecule has 0 aliphatic heterocycles. The monoisotopic (exact) mass is 398 g/mol. The minimum absolute atomic E-state index is 0.0201. The van der Waals surface area contributed by atoms with E-state index in [-0.39, 0.29) is 18.1 Å². The zero-order valence-electron chi connectivity index (χ0n) is 15.8. The molecule has 3 rings (SSSR count). The molecule has 146 valence electrons. The normalized spacial score (nSPS) is 10.6. The summed E-state index contributed by atoms with van der Waals surface area (Å²) in [6.07, 6.45) is 0.945. The second kappa shape index (κ2) is 9.27. The van der Waals surface area contributed by atoms with Gasteiger partial charge in [0.05, 0.1) is 12.9 Å². The van der Waals surface area contributed by atoms with Crippen molar-refractivity contribution in [3.05, 3.63) is 65.5 Å². The van der Waals surface area contributed by atoms with Gasteiger partial charge < -0.3 is 15.3 Å². The molecular formula is C20H22N4O3S. The van der Waals surface area contributed by atoms with E-state index in [0.29, 0.717) is 22.3 Å². The van der Waals surface area contributed by atoms with Crippen LogP contribution in [0.1, 0.15) is 28.7 Å². The summed E-state index contributed by atoms with van der Waals surface area (Å²) in [6, 6.07) is 14.9. The van der Waals surface area contributed by atoms with Crippen molar-refractivity contribution in [2.75, 3.05) is 18.7 Å². The molecule has 2 N–H and O–H groups in total. The summed E-state index contributed by atoms with van der Waals surface area (Å²) < 4.78 is 12.1. The van der Waals surface area contributed by atoms with Gasteiger partial charge >= 0.3 is 0 Å². The maximum Gasteiger partial charge on any atom is 0.210 e. The van der Waals surface area contributed by atoms with Crippen LogP contribution in [0.5, 0.6) is 11.5 Å². The summed E-state index contributed by atoms with van der Waals surface area (Å²) in [5.41, 5.74) is 1.88. The van der Waals surface area contributed by atoms with E-state index in [9.17, 15) is 4.79 Å². The predicted molar refractivity (Wildman–Crippen MR) is 108 cm³/mol. The molecule has 0 saturated heterocycles. The lowest BCUT2D eigenvalue weighted by atomic mass is 10.1. The van der Waals surface area contributed by atoms with E-state index >= 15 is 0 Å². The van der Waals surface area contributed by atoms with Gasteiger partial charge in [0, 0.05) is 5.56 Å². The number of nitrogens with zero attached hydrogens (tertiary/aromatic N) is 3. The molecule has 1 aromatic heterocycles. The number of rotatable bonds is 9. The number of thioether (sulfide) groups is 1. The molecule has 0 aliphatic rings. The smallest absolute Gasteiger partial charge is 0.210 e. The zero-order valence-corrected chi connectivity index (χ0v) is 16.6. The number of Topliss-reactive ketones (excluding diaryl/α,β-unsaturated/α-hetero) is 1. The van der Waals surface area contributed by atoms with E-state index in [0.717, 1.165) is 12.2 Å². The van der Waals surface area contributed by atoms with Crippen LogP contribution in [-0.4, -0.2) is 33.5 Å². The number of ketones is 1. The number of methoxy groups -OCH3 is 1. The molecule has 2 aromatic carbocycles. The first kappa shape index (κ1) is 19.8. The third-order valence-corrected chi connectivity index (χ3v) is 5.12. The maximum atomic E-state index is 12.3. The topological polar surface area (TPSA) is 92.3 Å². The fraction of sp³-hybridized carbons (Fsp3) is 0.250. The Morgan fingerprint density at radius 1 is 1.07 bits per heavy atom. The first-order valence-electron chi connectivity index (χ1n) is 8.82. The van der Waals surface area contributed by atoms with Gasteiger partial charge in [0.2, 0.25) is 5.16 Å². The molecule has 3 aromatic rings. The van der Waals surface area contributed by atoms with Crippen molar-refractivity contribution in [2.24, 2.45) is 0 Å². The van der Waals surface area contributed by atoms with Crippen molar-refractivity contribution in [3.63, 3.8) is 0 Å². The summed E-state index contributed by atoms with van der Waals surface area (Å²) in [7, 11) is 1.61. The van der Waals surface area contributed by atoms with E-state index in [1.807, 2.05) is 36.4 Å². The minimum atomic E-state index is 0.0201. The lowest BCUT2D eigenvalue weighted by molar-refractivity contribution is 0.102. The second-order valence-corrected chi connectivity index (χ2v) is 6.94. The molecule has 1 heterocycles. The van der Waals surface area contributed by atoms with Gasteiger partial charge in [-0.3, -0.25) is 4.79 Å². The third kappa shape index (κ3) is 4.83. The summed E-state index contributed by atoms with van der Waals surface area (Å²) >= 11 is 1.25. The van der Waals surface area contributed by atoms with Crippen molar-refractivity contribution < 1.29 is 14.3 Å². The highest BCUT2D eigenvalue weighted by Gasteiger charge is 2.14.